The van der Waals surface area contributed by atoms with E-state index < -0.39 is 0 Å². The van der Waals surface area contributed by atoms with Crippen LogP contribution >= 0.6 is 0 Å². The first-order valence-electron chi connectivity index (χ1n) is 15.3. The van der Waals surface area contributed by atoms with Crippen molar-refractivity contribution < 1.29 is 0 Å². The second-order valence-corrected chi connectivity index (χ2v) is 13.3. The SMILES string of the molecule is CC1=CCCC(C)(C)[C@H]1/C=C/C(C)=C\C=C\C(C)=C\C=C\C=C(C)\C=C\C=C(C)\C=C\C1=C(C)CCCC1(C)C. The second-order valence-electron chi connectivity index (χ2n) is 13.3. The molecule has 40 heavy (non-hydrogen) atoms. The van der Waals surface area contributed by atoms with Crippen LogP contribution in [0.15, 0.2) is 130 Å². The average molecular weight is 537 g/mol. The summed E-state index contributed by atoms with van der Waals surface area (Å²) >= 11 is 0. The van der Waals surface area contributed by atoms with Crippen molar-refractivity contribution in [3.05, 3.63) is 130 Å². The van der Waals surface area contributed by atoms with Crippen molar-refractivity contribution in [3.8, 4) is 0 Å². The monoisotopic (exact) mass is 536 g/mol. The van der Waals surface area contributed by atoms with Crippen molar-refractivity contribution in [1.82, 2.24) is 0 Å². The predicted molar refractivity (Wildman–Crippen MR) is 181 cm³/mol. The summed E-state index contributed by atoms with van der Waals surface area (Å²) in [6.07, 6.45) is 39.5. The van der Waals surface area contributed by atoms with Gasteiger partial charge in [0.2, 0.25) is 0 Å². The molecule has 1 atom stereocenters. The van der Waals surface area contributed by atoms with Gasteiger partial charge in [0.15, 0.2) is 0 Å². The number of hydrogen-bond acceptors (Lipinski definition) is 0. The zero-order chi connectivity index (χ0) is 29.8. The lowest BCUT2D eigenvalue weighted by Crippen LogP contribution is -2.26. The van der Waals surface area contributed by atoms with E-state index in [-0.39, 0.29) is 0 Å². The van der Waals surface area contributed by atoms with Crippen LogP contribution < -0.4 is 0 Å². The molecule has 0 nitrogen and oxygen atoms in total. The third-order valence-electron chi connectivity index (χ3n) is 8.46. The standard InChI is InChI=1S/C40H56/c1-31(19-13-21-33(3)25-27-37-35(5)23-15-29-39(37,7)8)17-11-12-18-32(2)20-14-22-34(4)26-28-38-36(6)24-16-30-40(38,9)10/h11-14,17-23,25-28,37H,15-16,24,29-30H2,1-10H3/b12-11+,19-13+,20-14+,27-25+,28-26+,31-17+,32-18+,33-21-,34-22+/t37-/m0/s1. The molecule has 0 radical (unpaired) electrons. The molecule has 0 spiro atoms. The van der Waals surface area contributed by atoms with Gasteiger partial charge in [0.1, 0.15) is 0 Å². The van der Waals surface area contributed by atoms with Crippen LogP contribution in [0.4, 0.5) is 0 Å². The summed E-state index contributed by atoms with van der Waals surface area (Å²) in [4.78, 5) is 0. The Balaban J connectivity index is 1.88. The normalized spacial score (nSPS) is 23.6. The van der Waals surface area contributed by atoms with Crippen LogP contribution in [0.3, 0.4) is 0 Å². The van der Waals surface area contributed by atoms with Crippen molar-refractivity contribution in [2.24, 2.45) is 16.7 Å². The highest BCUT2D eigenvalue weighted by Crippen LogP contribution is 2.42. The topological polar surface area (TPSA) is 0 Å². The van der Waals surface area contributed by atoms with E-state index in [0.717, 1.165) is 0 Å². The van der Waals surface area contributed by atoms with E-state index in [1.165, 1.54) is 65.5 Å². The Bertz CT molecular complexity index is 1200. The van der Waals surface area contributed by atoms with Crippen LogP contribution in [0.1, 0.15) is 101 Å². The molecule has 0 unspecified atom stereocenters. The van der Waals surface area contributed by atoms with E-state index in [9.17, 15) is 0 Å². The molecule has 0 saturated heterocycles. The Labute approximate surface area is 247 Å². The zero-order valence-electron chi connectivity index (χ0n) is 27.3. The van der Waals surface area contributed by atoms with Crippen LogP contribution in [0.25, 0.3) is 0 Å². The zero-order valence-corrected chi connectivity index (χ0v) is 27.3. The van der Waals surface area contributed by atoms with Gasteiger partial charge in [-0.05, 0) is 90.0 Å². The highest BCUT2D eigenvalue weighted by molar-refractivity contribution is 5.37. The first-order valence-corrected chi connectivity index (χ1v) is 15.3. The smallest absolute Gasteiger partial charge is 0.00285 e. The fraction of sp³-hybridized carbons (Fsp3) is 0.450. The van der Waals surface area contributed by atoms with Crippen LogP contribution in [0.5, 0.6) is 0 Å². The highest BCUT2D eigenvalue weighted by atomic mass is 14.3. The largest absolute Gasteiger partial charge is 0.0850 e. The molecule has 0 aliphatic heterocycles. The van der Waals surface area contributed by atoms with Crippen molar-refractivity contribution in [3.63, 3.8) is 0 Å². The molecule has 0 aromatic heterocycles. The van der Waals surface area contributed by atoms with E-state index in [1.807, 2.05) is 0 Å². The Morgan fingerprint density at radius 1 is 0.700 bits per heavy atom. The molecule has 0 saturated carbocycles. The van der Waals surface area contributed by atoms with Gasteiger partial charge in [-0.25, -0.2) is 0 Å². The maximum absolute atomic E-state index is 2.41. The van der Waals surface area contributed by atoms with Crippen molar-refractivity contribution in [2.45, 2.75) is 101 Å². The number of allylic oxidation sites excluding steroid dienone is 22. The van der Waals surface area contributed by atoms with Crippen molar-refractivity contribution >= 4 is 0 Å². The van der Waals surface area contributed by atoms with Gasteiger partial charge >= 0.3 is 0 Å². The van der Waals surface area contributed by atoms with Crippen LogP contribution in [0, 0.1) is 16.7 Å². The first-order chi connectivity index (χ1) is 18.8. The first kappa shape index (κ1) is 33.3. The van der Waals surface area contributed by atoms with Gasteiger partial charge in [0, 0.05) is 5.92 Å². The summed E-state index contributed by atoms with van der Waals surface area (Å²) < 4.78 is 0. The molecular formula is C40H56. The quantitative estimate of drug-likeness (QED) is 0.192. The van der Waals surface area contributed by atoms with Gasteiger partial charge in [0.05, 0.1) is 0 Å². The van der Waals surface area contributed by atoms with E-state index in [1.54, 1.807) is 5.57 Å². The molecule has 0 amide bonds. The summed E-state index contributed by atoms with van der Waals surface area (Å²) in [6.45, 7) is 22.7. The Hall–Kier alpha value is -2.86. The van der Waals surface area contributed by atoms with Gasteiger partial charge in [-0.1, -0.05) is 152 Å². The summed E-state index contributed by atoms with van der Waals surface area (Å²) in [6, 6.07) is 0. The summed E-state index contributed by atoms with van der Waals surface area (Å²) in [5.41, 5.74) is 10.2. The molecule has 0 aromatic carbocycles. The Morgan fingerprint density at radius 2 is 1.23 bits per heavy atom. The molecule has 0 heteroatoms. The molecular weight excluding hydrogens is 480 g/mol. The second kappa shape index (κ2) is 15.8. The molecule has 216 valence electrons. The molecule has 2 aliphatic rings. The highest BCUT2D eigenvalue weighted by Gasteiger charge is 2.30. The van der Waals surface area contributed by atoms with Crippen LogP contribution in [-0.2, 0) is 0 Å². The lowest BCUT2D eigenvalue weighted by Gasteiger charge is -2.36. The molecule has 0 heterocycles. The fourth-order valence-electron chi connectivity index (χ4n) is 5.80. The number of rotatable bonds is 10. The molecule has 0 bridgehead atoms. The van der Waals surface area contributed by atoms with Crippen LogP contribution in [0.2, 0.25) is 0 Å². The minimum absolute atomic E-state index is 0.291. The van der Waals surface area contributed by atoms with Crippen molar-refractivity contribution in [2.75, 3.05) is 0 Å². The lowest BCUT2D eigenvalue weighted by molar-refractivity contribution is 0.255. The van der Waals surface area contributed by atoms with Gasteiger partial charge in [0.25, 0.3) is 0 Å². The van der Waals surface area contributed by atoms with Gasteiger partial charge in [-0.3, -0.25) is 0 Å². The molecule has 0 N–H and O–H groups in total. The van der Waals surface area contributed by atoms with E-state index in [4.69, 9.17) is 0 Å². The third kappa shape index (κ3) is 11.3. The van der Waals surface area contributed by atoms with Gasteiger partial charge in [-0.15, -0.1) is 0 Å². The fourth-order valence-corrected chi connectivity index (χ4v) is 5.80. The molecule has 0 fully saturated rings. The maximum atomic E-state index is 2.41. The molecule has 0 aromatic rings. The summed E-state index contributed by atoms with van der Waals surface area (Å²) in [7, 11) is 0. The Morgan fingerprint density at radius 3 is 1.77 bits per heavy atom. The molecule has 2 rings (SSSR count). The van der Waals surface area contributed by atoms with Crippen molar-refractivity contribution in [1.29, 1.82) is 0 Å². The van der Waals surface area contributed by atoms with E-state index in [2.05, 4.69) is 160 Å². The van der Waals surface area contributed by atoms with Crippen LogP contribution in [-0.4, -0.2) is 0 Å². The van der Waals surface area contributed by atoms with Gasteiger partial charge in [-0.2, -0.15) is 0 Å². The lowest BCUT2D eigenvalue weighted by atomic mass is 9.68. The minimum Gasteiger partial charge on any atom is -0.0850 e. The maximum Gasteiger partial charge on any atom is 0.00285 e. The third-order valence-corrected chi connectivity index (χ3v) is 8.46. The van der Waals surface area contributed by atoms with Gasteiger partial charge < -0.3 is 0 Å². The minimum atomic E-state index is 0.291. The molecule has 2 aliphatic carbocycles. The predicted octanol–water partition coefficient (Wildman–Crippen LogP) is 12.5. The number of hydrogen-bond donors (Lipinski definition) is 0. The summed E-state index contributed by atoms with van der Waals surface area (Å²) in [5.74, 6) is 0.532. The van der Waals surface area contributed by atoms with E-state index in [0.29, 0.717) is 16.7 Å². The summed E-state index contributed by atoms with van der Waals surface area (Å²) in [5, 5.41) is 0. The van der Waals surface area contributed by atoms with E-state index >= 15 is 0 Å². The Kier molecular flexibility index (Phi) is 13.2. The average Bonchev–Trinajstić information content (AvgIpc) is 2.85.